The summed E-state index contributed by atoms with van der Waals surface area (Å²) in [5, 5.41) is 3.67. The Morgan fingerprint density at radius 2 is 1.60 bits per heavy atom. The highest BCUT2D eigenvalue weighted by molar-refractivity contribution is 5.29. The summed E-state index contributed by atoms with van der Waals surface area (Å²) in [5.41, 5.74) is 1.36. The minimum Gasteiger partial charge on any atom is -0.497 e. The lowest BCUT2D eigenvalue weighted by Gasteiger charge is -2.17. The highest BCUT2D eigenvalue weighted by Gasteiger charge is 2.07. The Hall–Kier alpha value is -1.02. The molecule has 0 spiro atoms. The topological polar surface area (TPSA) is 21.3 Å². The van der Waals surface area contributed by atoms with Crippen molar-refractivity contribution in [2.24, 2.45) is 0 Å². The summed E-state index contributed by atoms with van der Waals surface area (Å²) >= 11 is 0. The molecule has 1 rings (SSSR count). The molecule has 0 aliphatic heterocycles. The van der Waals surface area contributed by atoms with Gasteiger partial charge in [-0.1, -0.05) is 58.1 Å². The van der Waals surface area contributed by atoms with Crippen LogP contribution in [0, 0.1) is 0 Å². The van der Waals surface area contributed by atoms with E-state index in [1.807, 2.05) is 12.1 Å². The van der Waals surface area contributed by atoms with Crippen LogP contribution in [0.1, 0.15) is 70.4 Å². The molecule has 0 aromatic heterocycles. The van der Waals surface area contributed by atoms with Gasteiger partial charge in [0.1, 0.15) is 5.75 Å². The predicted molar refractivity (Wildman–Crippen MR) is 87.4 cm³/mol. The smallest absolute Gasteiger partial charge is 0.118 e. The van der Waals surface area contributed by atoms with Crippen molar-refractivity contribution in [2.75, 3.05) is 13.7 Å². The van der Waals surface area contributed by atoms with Crippen molar-refractivity contribution in [2.45, 2.75) is 64.8 Å². The zero-order valence-corrected chi connectivity index (χ0v) is 13.5. The number of ether oxygens (including phenoxy) is 1. The third kappa shape index (κ3) is 6.42. The van der Waals surface area contributed by atoms with Crippen molar-refractivity contribution in [3.05, 3.63) is 29.8 Å². The molecule has 2 nitrogen and oxygen atoms in total. The molecule has 114 valence electrons. The molecular formula is C18H31NO. The maximum Gasteiger partial charge on any atom is 0.118 e. The Kier molecular flexibility index (Phi) is 9.14. The third-order valence-electron chi connectivity index (χ3n) is 3.85. The molecule has 0 bridgehead atoms. The van der Waals surface area contributed by atoms with Crippen molar-refractivity contribution < 1.29 is 4.74 Å². The Bertz CT molecular complexity index is 334. The fraction of sp³-hybridized carbons (Fsp3) is 0.667. The van der Waals surface area contributed by atoms with Gasteiger partial charge in [0.2, 0.25) is 0 Å². The predicted octanol–water partition coefficient (Wildman–Crippen LogP) is 5.10. The van der Waals surface area contributed by atoms with Crippen LogP contribution >= 0.6 is 0 Å². The molecule has 0 radical (unpaired) electrons. The second-order valence-electron chi connectivity index (χ2n) is 5.46. The SMILES string of the molecule is CCCCCCCCNC(CC)c1ccc(OC)cc1. The summed E-state index contributed by atoms with van der Waals surface area (Å²) in [6, 6.07) is 8.90. The van der Waals surface area contributed by atoms with Gasteiger partial charge in [-0.05, 0) is 37.1 Å². The molecule has 20 heavy (non-hydrogen) atoms. The molecule has 0 saturated carbocycles. The Morgan fingerprint density at radius 1 is 0.950 bits per heavy atom. The van der Waals surface area contributed by atoms with Crippen LogP contribution < -0.4 is 10.1 Å². The first-order chi connectivity index (χ1) is 9.81. The number of hydrogen-bond donors (Lipinski definition) is 1. The summed E-state index contributed by atoms with van der Waals surface area (Å²) in [6.07, 6.45) is 9.26. The number of methoxy groups -OCH3 is 1. The van der Waals surface area contributed by atoms with E-state index in [4.69, 9.17) is 4.74 Å². The van der Waals surface area contributed by atoms with Crippen molar-refractivity contribution in [3.63, 3.8) is 0 Å². The second-order valence-corrected chi connectivity index (χ2v) is 5.46. The highest BCUT2D eigenvalue weighted by Crippen LogP contribution is 2.20. The van der Waals surface area contributed by atoms with E-state index in [1.165, 1.54) is 44.1 Å². The van der Waals surface area contributed by atoms with Crippen LogP contribution in [0.4, 0.5) is 0 Å². The van der Waals surface area contributed by atoms with Crippen molar-refractivity contribution >= 4 is 0 Å². The first-order valence-electron chi connectivity index (χ1n) is 8.19. The van der Waals surface area contributed by atoms with E-state index in [0.717, 1.165) is 18.7 Å². The lowest BCUT2D eigenvalue weighted by molar-refractivity contribution is 0.414. The average Bonchev–Trinajstić information content (AvgIpc) is 2.50. The van der Waals surface area contributed by atoms with Gasteiger partial charge in [-0.15, -0.1) is 0 Å². The number of unbranched alkanes of at least 4 members (excludes halogenated alkanes) is 5. The molecule has 1 atom stereocenters. The first-order valence-corrected chi connectivity index (χ1v) is 8.19. The summed E-state index contributed by atoms with van der Waals surface area (Å²) in [7, 11) is 1.71. The molecule has 0 fully saturated rings. The summed E-state index contributed by atoms with van der Waals surface area (Å²) in [4.78, 5) is 0. The van der Waals surface area contributed by atoms with Gasteiger partial charge in [-0.3, -0.25) is 0 Å². The monoisotopic (exact) mass is 277 g/mol. The minimum atomic E-state index is 0.469. The van der Waals surface area contributed by atoms with Gasteiger partial charge in [0.25, 0.3) is 0 Å². The van der Waals surface area contributed by atoms with E-state index >= 15 is 0 Å². The van der Waals surface area contributed by atoms with E-state index in [0.29, 0.717) is 6.04 Å². The van der Waals surface area contributed by atoms with Gasteiger partial charge >= 0.3 is 0 Å². The standard InChI is InChI=1S/C18H31NO/c1-4-6-7-8-9-10-15-19-18(5-2)16-11-13-17(20-3)14-12-16/h11-14,18-19H,4-10,15H2,1-3H3. The lowest BCUT2D eigenvalue weighted by Crippen LogP contribution is -2.21. The van der Waals surface area contributed by atoms with Crippen LogP contribution in [0.25, 0.3) is 0 Å². The minimum absolute atomic E-state index is 0.469. The van der Waals surface area contributed by atoms with Crippen LogP contribution in [0.3, 0.4) is 0 Å². The van der Waals surface area contributed by atoms with Crippen LogP contribution in [0.15, 0.2) is 24.3 Å². The third-order valence-corrected chi connectivity index (χ3v) is 3.85. The number of hydrogen-bond acceptors (Lipinski definition) is 2. The molecular weight excluding hydrogens is 246 g/mol. The normalized spacial score (nSPS) is 12.3. The maximum absolute atomic E-state index is 5.21. The molecule has 1 unspecified atom stereocenters. The van der Waals surface area contributed by atoms with Crippen LogP contribution in [0.2, 0.25) is 0 Å². The zero-order valence-electron chi connectivity index (χ0n) is 13.5. The second kappa shape index (κ2) is 10.7. The quantitative estimate of drug-likeness (QED) is 0.568. The highest BCUT2D eigenvalue weighted by atomic mass is 16.5. The van der Waals surface area contributed by atoms with E-state index in [9.17, 15) is 0 Å². The summed E-state index contributed by atoms with van der Waals surface area (Å²) in [6.45, 7) is 5.63. The Balaban J connectivity index is 2.24. The molecule has 0 aliphatic rings. The molecule has 1 aromatic carbocycles. The fourth-order valence-electron chi connectivity index (χ4n) is 2.52. The number of benzene rings is 1. The number of nitrogens with one attached hydrogen (secondary N) is 1. The summed E-state index contributed by atoms with van der Waals surface area (Å²) < 4.78 is 5.21. The van der Waals surface area contributed by atoms with Crippen LogP contribution in [-0.4, -0.2) is 13.7 Å². The summed E-state index contributed by atoms with van der Waals surface area (Å²) in [5.74, 6) is 0.930. The van der Waals surface area contributed by atoms with E-state index in [2.05, 4.69) is 31.3 Å². The first kappa shape index (κ1) is 17.0. The van der Waals surface area contributed by atoms with Gasteiger partial charge in [-0.2, -0.15) is 0 Å². The molecule has 0 heterocycles. The zero-order chi connectivity index (χ0) is 14.6. The molecule has 0 aliphatic carbocycles. The molecule has 1 aromatic rings. The number of rotatable bonds is 11. The Labute approximate surface area is 124 Å². The fourth-order valence-corrected chi connectivity index (χ4v) is 2.52. The largest absolute Gasteiger partial charge is 0.497 e. The van der Waals surface area contributed by atoms with E-state index in [-0.39, 0.29) is 0 Å². The van der Waals surface area contributed by atoms with Crippen LogP contribution in [-0.2, 0) is 0 Å². The van der Waals surface area contributed by atoms with Gasteiger partial charge in [0.15, 0.2) is 0 Å². The van der Waals surface area contributed by atoms with Crippen molar-refractivity contribution in [1.82, 2.24) is 5.32 Å². The van der Waals surface area contributed by atoms with E-state index < -0.39 is 0 Å². The molecule has 0 amide bonds. The van der Waals surface area contributed by atoms with Gasteiger partial charge in [0.05, 0.1) is 7.11 Å². The van der Waals surface area contributed by atoms with Crippen LogP contribution in [0.5, 0.6) is 5.75 Å². The Morgan fingerprint density at radius 3 is 2.20 bits per heavy atom. The average molecular weight is 277 g/mol. The van der Waals surface area contributed by atoms with Gasteiger partial charge in [0, 0.05) is 6.04 Å². The molecule has 0 saturated heterocycles. The lowest BCUT2D eigenvalue weighted by atomic mass is 10.0. The van der Waals surface area contributed by atoms with Gasteiger partial charge < -0.3 is 10.1 Å². The molecule has 1 N–H and O–H groups in total. The molecule has 2 heteroatoms. The van der Waals surface area contributed by atoms with Crippen molar-refractivity contribution in [1.29, 1.82) is 0 Å². The maximum atomic E-state index is 5.21. The van der Waals surface area contributed by atoms with Crippen molar-refractivity contribution in [3.8, 4) is 5.75 Å². The van der Waals surface area contributed by atoms with E-state index in [1.54, 1.807) is 7.11 Å². The van der Waals surface area contributed by atoms with Gasteiger partial charge in [-0.25, -0.2) is 0 Å².